The van der Waals surface area contributed by atoms with Crippen molar-refractivity contribution in [2.75, 3.05) is 13.2 Å². The molecule has 19 heavy (non-hydrogen) atoms. The maximum atomic E-state index is 10.5. The van der Waals surface area contributed by atoms with Gasteiger partial charge in [0.1, 0.15) is 18.5 Å². The van der Waals surface area contributed by atoms with E-state index in [9.17, 15) is 9.67 Å². The molecule has 0 bridgehead atoms. The average Bonchev–Trinajstić information content (AvgIpc) is 2.76. The molecule has 0 radical (unpaired) electrons. The summed E-state index contributed by atoms with van der Waals surface area (Å²) in [6.07, 6.45) is 0.530. The third-order valence-corrected chi connectivity index (χ3v) is 2.90. The quantitative estimate of drug-likeness (QED) is 0.590. The fourth-order valence-corrected chi connectivity index (χ4v) is 1.95. The minimum Gasteiger partial charge on any atom is -0.489 e. The van der Waals surface area contributed by atoms with Crippen molar-refractivity contribution in [3.05, 3.63) is 30.5 Å². The summed E-state index contributed by atoms with van der Waals surface area (Å²) >= 11 is 0. The molecular formula is C11H14NO6P. The smallest absolute Gasteiger partial charge is 0.469 e. The van der Waals surface area contributed by atoms with Crippen molar-refractivity contribution in [2.24, 2.45) is 0 Å². The molecule has 0 saturated heterocycles. The summed E-state index contributed by atoms with van der Waals surface area (Å²) in [4.78, 5) is 20.0. The first-order chi connectivity index (χ1) is 8.96. The van der Waals surface area contributed by atoms with Gasteiger partial charge in [-0.25, -0.2) is 4.57 Å². The van der Waals surface area contributed by atoms with Gasteiger partial charge in [-0.05, 0) is 12.1 Å². The molecule has 0 aliphatic carbocycles. The first-order valence-electron chi connectivity index (χ1n) is 5.53. The van der Waals surface area contributed by atoms with Crippen molar-refractivity contribution in [2.45, 2.75) is 6.10 Å². The second-order valence-corrected chi connectivity index (χ2v) is 5.19. The van der Waals surface area contributed by atoms with Gasteiger partial charge in [0.05, 0.1) is 6.61 Å². The number of fused-ring (bicyclic) bond motifs is 1. The number of phosphoric acid groups is 1. The van der Waals surface area contributed by atoms with Crippen molar-refractivity contribution in [3.63, 3.8) is 0 Å². The van der Waals surface area contributed by atoms with Gasteiger partial charge in [-0.1, -0.05) is 12.1 Å². The van der Waals surface area contributed by atoms with Crippen molar-refractivity contribution in [1.29, 1.82) is 0 Å². The maximum absolute atomic E-state index is 10.5. The molecule has 0 amide bonds. The average molecular weight is 287 g/mol. The molecule has 7 nitrogen and oxygen atoms in total. The Hall–Kier alpha value is -1.37. The third-order valence-electron chi connectivity index (χ3n) is 2.42. The van der Waals surface area contributed by atoms with Gasteiger partial charge in [0, 0.05) is 17.1 Å². The van der Waals surface area contributed by atoms with Gasteiger partial charge in [0.2, 0.25) is 0 Å². The zero-order chi connectivity index (χ0) is 13.9. The van der Waals surface area contributed by atoms with Crippen LogP contribution in [0.2, 0.25) is 0 Å². The van der Waals surface area contributed by atoms with E-state index in [2.05, 4.69) is 9.51 Å². The van der Waals surface area contributed by atoms with Gasteiger partial charge in [0.15, 0.2) is 0 Å². The van der Waals surface area contributed by atoms with Crippen molar-refractivity contribution in [3.8, 4) is 5.75 Å². The van der Waals surface area contributed by atoms with Crippen LogP contribution in [-0.4, -0.2) is 39.2 Å². The molecule has 104 valence electrons. The van der Waals surface area contributed by atoms with Crippen LogP contribution in [0.4, 0.5) is 0 Å². The lowest BCUT2D eigenvalue weighted by molar-refractivity contribution is 0.0501. The van der Waals surface area contributed by atoms with E-state index >= 15 is 0 Å². The molecule has 0 aliphatic heterocycles. The Morgan fingerprint density at radius 3 is 2.74 bits per heavy atom. The van der Waals surface area contributed by atoms with E-state index in [-0.39, 0.29) is 6.61 Å². The summed E-state index contributed by atoms with van der Waals surface area (Å²) in [5.74, 6) is 0.561. The predicted molar refractivity (Wildman–Crippen MR) is 67.8 cm³/mol. The lowest BCUT2D eigenvalue weighted by Gasteiger charge is -2.12. The number of hydrogen-bond acceptors (Lipinski definition) is 4. The fraction of sp³-hybridized carbons (Fsp3) is 0.273. The number of aromatic amines is 1. The molecule has 2 rings (SSSR count). The minimum atomic E-state index is -4.56. The largest absolute Gasteiger partial charge is 0.489 e. The second-order valence-electron chi connectivity index (χ2n) is 3.95. The van der Waals surface area contributed by atoms with E-state index in [0.717, 1.165) is 10.9 Å². The first-order valence-corrected chi connectivity index (χ1v) is 7.06. The van der Waals surface area contributed by atoms with Crippen LogP contribution < -0.4 is 4.74 Å². The number of benzene rings is 1. The molecule has 0 aliphatic rings. The van der Waals surface area contributed by atoms with E-state index in [1.807, 2.05) is 24.3 Å². The van der Waals surface area contributed by atoms with Crippen molar-refractivity contribution < 1.29 is 28.7 Å². The number of rotatable bonds is 6. The maximum Gasteiger partial charge on any atom is 0.469 e. The molecule has 0 fully saturated rings. The van der Waals surface area contributed by atoms with Crippen LogP contribution in [-0.2, 0) is 9.09 Å². The molecule has 1 heterocycles. The highest BCUT2D eigenvalue weighted by atomic mass is 31.2. The van der Waals surface area contributed by atoms with E-state index in [0.29, 0.717) is 5.75 Å². The first kappa shape index (κ1) is 14.0. The molecule has 4 N–H and O–H groups in total. The number of hydrogen-bond donors (Lipinski definition) is 4. The normalized spacial score (nSPS) is 13.6. The molecule has 2 aromatic rings. The van der Waals surface area contributed by atoms with E-state index in [1.54, 1.807) is 6.20 Å². The highest BCUT2D eigenvalue weighted by molar-refractivity contribution is 7.46. The Kier molecular flexibility index (Phi) is 4.24. The lowest BCUT2D eigenvalue weighted by Crippen LogP contribution is -2.22. The Morgan fingerprint density at radius 1 is 1.26 bits per heavy atom. The van der Waals surface area contributed by atoms with E-state index in [4.69, 9.17) is 14.5 Å². The van der Waals surface area contributed by atoms with Crippen molar-refractivity contribution >= 4 is 18.7 Å². The van der Waals surface area contributed by atoms with Crippen LogP contribution in [0.25, 0.3) is 10.9 Å². The van der Waals surface area contributed by atoms with Gasteiger partial charge >= 0.3 is 7.82 Å². The summed E-state index contributed by atoms with van der Waals surface area (Å²) < 4.78 is 20.0. The van der Waals surface area contributed by atoms with Crippen molar-refractivity contribution in [1.82, 2.24) is 4.98 Å². The SMILES string of the molecule is O=P(O)(O)OCC(O)COc1c[nH]c2ccccc12. The van der Waals surface area contributed by atoms with E-state index < -0.39 is 20.5 Å². The van der Waals surface area contributed by atoms with Crippen LogP contribution in [0, 0.1) is 0 Å². The summed E-state index contributed by atoms with van der Waals surface area (Å²) in [5, 5.41) is 10.3. The van der Waals surface area contributed by atoms with Gasteiger partial charge in [-0.3, -0.25) is 4.52 Å². The number of ether oxygens (including phenoxy) is 1. The summed E-state index contributed by atoms with van der Waals surface area (Å²) in [6.45, 7) is -0.617. The third kappa shape index (κ3) is 4.05. The minimum absolute atomic E-state index is 0.123. The van der Waals surface area contributed by atoms with Crippen LogP contribution in [0.5, 0.6) is 5.75 Å². The predicted octanol–water partition coefficient (Wildman–Crippen LogP) is 1.02. The zero-order valence-electron chi connectivity index (χ0n) is 9.89. The Balaban J connectivity index is 1.90. The zero-order valence-corrected chi connectivity index (χ0v) is 10.8. The number of aliphatic hydroxyl groups is 1. The van der Waals surface area contributed by atoms with Crippen LogP contribution in [0.15, 0.2) is 30.5 Å². The van der Waals surface area contributed by atoms with Gasteiger partial charge in [0.25, 0.3) is 0 Å². The van der Waals surface area contributed by atoms with Crippen LogP contribution in [0.3, 0.4) is 0 Å². The van der Waals surface area contributed by atoms with E-state index in [1.165, 1.54) is 0 Å². The highest BCUT2D eigenvalue weighted by Gasteiger charge is 2.17. The topological polar surface area (TPSA) is 112 Å². The number of phosphoric ester groups is 1. The van der Waals surface area contributed by atoms with Crippen LogP contribution >= 0.6 is 7.82 Å². The Morgan fingerprint density at radius 2 is 2.00 bits per heavy atom. The number of aliphatic hydroxyl groups excluding tert-OH is 1. The highest BCUT2D eigenvalue weighted by Crippen LogP contribution is 2.35. The molecule has 1 atom stereocenters. The monoisotopic (exact) mass is 287 g/mol. The Labute approximate surface area is 109 Å². The summed E-state index contributed by atoms with van der Waals surface area (Å²) in [5.41, 5.74) is 0.901. The van der Waals surface area contributed by atoms with Gasteiger partial charge < -0.3 is 24.6 Å². The lowest BCUT2D eigenvalue weighted by atomic mass is 10.2. The number of nitrogens with one attached hydrogen (secondary N) is 1. The number of H-pyrrole nitrogens is 1. The van der Waals surface area contributed by atoms with Crippen LogP contribution in [0.1, 0.15) is 0 Å². The molecule has 1 aromatic carbocycles. The Bertz CT molecular complexity index is 592. The number of aromatic nitrogens is 1. The molecule has 0 spiro atoms. The summed E-state index contributed by atoms with van der Waals surface area (Å²) in [6, 6.07) is 7.48. The molecule has 0 saturated carbocycles. The molecule has 1 aromatic heterocycles. The fourth-order valence-electron chi connectivity index (χ4n) is 1.58. The van der Waals surface area contributed by atoms with Gasteiger partial charge in [-0.15, -0.1) is 0 Å². The number of para-hydroxylation sites is 1. The van der Waals surface area contributed by atoms with Gasteiger partial charge in [-0.2, -0.15) is 0 Å². The standard InChI is InChI=1S/C11H14NO6P/c13-8(7-18-19(14,15)16)6-17-11-5-12-10-4-2-1-3-9(10)11/h1-5,8,12-13H,6-7H2,(H2,14,15,16). The second kappa shape index (κ2) is 5.73. The molecular weight excluding hydrogens is 273 g/mol. The summed E-state index contributed by atoms with van der Waals surface area (Å²) in [7, 11) is -4.56. The molecule has 1 unspecified atom stereocenters. The molecule has 8 heteroatoms.